The fourth-order valence-electron chi connectivity index (χ4n) is 2.07. The van der Waals surface area contributed by atoms with E-state index in [1.165, 1.54) is 6.42 Å². The van der Waals surface area contributed by atoms with Gasteiger partial charge in [0.1, 0.15) is 0 Å². The van der Waals surface area contributed by atoms with E-state index >= 15 is 0 Å². The molecule has 2 nitrogen and oxygen atoms in total. The van der Waals surface area contributed by atoms with E-state index in [0.29, 0.717) is 0 Å². The van der Waals surface area contributed by atoms with E-state index in [1.54, 1.807) is 0 Å². The van der Waals surface area contributed by atoms with Crippen molar-refractivity contribution < 1.29 is 4.79 Å². The minimum atomic E-state index is -0.495. The smallest absolute Gasteiger partial charge is 0.179 e. The largest absolute Gasteiger partial charge is 0.318 e. The van der Waals surface area contributed by atoms with Crippen LogP contribution >= 0.6 is 0 Å². The molecule has 1 atom stereocenters. The third-order valence-corrected chi connectivity index (χ3v) is 3.05. The molecule has 1 aromatic carbocycles. The van der Waals surface area contributed by atoms with Crippen LogP contribution < -0.4 is 5.73 Å². The van der Waals surface area contributed by atoms with Gasteiger partial charge in [0.25, 0.3) is 0 Å². The van der Waals surface area contributed by atoms with E-state index in [9.17, 15) is 4.79 Å². The third kappa shape index (κ3) is 2.39. The normalized spacial score (nSPS) is 17.7. The minimum absolute atomic E-state index is 0.0888. The highest BCUT2D eigenvalue weighted by molar-refractivity contribution is 5.99. The molecule has 0 aliphatic heterocycles. The molecule has 0 spiro atoms. The van der Waals surface area contributed by atoms with Gasteiger partial charge in [0.05, 0.1) is 6.04 Å². The summed E-state index contributed by atoms with van der Waals surface area (Å²) in [6.45, 7) is 0. The maximum Gasteiger partial charge on any atom is 0.179 e. The molecule has 0 heterocycles. The van der Waals surface area contributed by atoms with E-state index in [-0.39, 0.29) is 5.78 Å². The number of hydrogen-bond donors (Lipinski definition) is 1. The van der Waals surface area contributed by atoms with Crippen molar-refractivity contribution in [1.29, 1.82) is 0 Å². The van der Waals surface area contributed by atoms with Crippen LogP contribution in [0.4, 0.5) is 0 Å². The molecule has 0 radical (unpaired) electrons. The molecule has 1 aliphatic carbocycles. The standard InChI is InChI=1S/C14H17NO/c15-13(11-7-3-1-4-8-11)14(16)12-9-5-2-6-10-12/h1,3-4,7-9,13H,2,5-6,10,15H2/t13-/m1/s1. The van der Waals surface area contributed by atoms with Crippen LogP contribution in [0.25, 0.3) is 0 Å². The molecule has 2 N–H and O–H groups in total. The average Bonchev–Trinajstić information content (AvgIpc) is 2.39. The fraction of sp³-hybridized carbons (Fsp3) is 0.357. The topological polar surface area (TPSA) is 43.1 Å². The maximum absolute atomic E-state index is 12.1. The monoisotopic (exact) mass is 215 g/mol. The van der Waals surface area contributed by atoms with E-state index in [1.807, 2.05) is 30.3 Å². The van der Waals surface area contributed by atoms with Crippen LogP contribution in [0.1, 0.15) is 37.3 Å². The lowest BCUT2D eigenvalue weighted by atomic mass is 9.91. The van der Waals surface area contributed by atoms with Gasteiger partial charge in [0, 0.05) is 0 Å². The van der Waals surface area contributed by atoms with Crippen molar-refractivity contribution in [2.24, 2.45) is 5.73 Å². The zero-order valence-electron chi connectivity index (χ0n) is 9.36. The van der Waals surface area contributed by atoms with Gasteiger partial charge in [-0.2, -0.15) is 0 Å². The molecule has 0 saturated heterocycles. The van der Waals surface area contributed by atoms with Gasteiger partial charge in [0.2, 0.25) is 0 Å². The highest BCUT2D eigenvalue weighted by Gasteiger charge is 2.20. The van der Waals surface area contributed by atoms with E-state index in [4.69, 9.17) is 5.73 Å². The molecule has 84 valence electrons. The number of allylic oxidation sites excluding steroid dienone is 1. The predicted octanol–water partition coefficient (Wildman–Crippen LogP) is 2.76. The quantitative estimate of drug-likeness (QED) is 0.842. The van der Waals surface area contributed by atoms with Gasteiger partial charge in [-0.3, -0.25) is 4.79 Å². The lowest BCUT2D eigenvalue weighted by Crippen LogP contribution is -2.23. The van der Waals surface area contributed by atoms with Gasteiger partial charge < -0.3 is 5.73 Å². The molecule has 2 rings (SSSR count). The van der Waals surface area contributed by atoms with Crippen LogP contribution in [0.15, 0.2) is 42.0 Å². The van der Waals surface area contributed by atoms with Gasteiger partial charge in [-0.05, 0) is 36.8 Å². The SMILES string of the molecule is N[C@@H](C(=O)C1=CCCCC1)c1ccccc1. The second-order valence-corrected chi connectivity index (χ2v) is 4.23. The summed E-state index contributed by atoms with van der Waals surface area (Å²) in [5.41, 5.74) is 7.80. The molecule has 0 bridgehead atoms. The van der Waals surface area contributed by atoms with Crippen LogP contribution in [-0.2, 0) is 4.79 Å². The Kier molecular flexibility index (Phi) is 3.52. The average molecular weight is 215 g/mol. The van der Waals surface area contributed by atoms with E-state index in [0.717, 1.165) is 30.4 Å². The highest BCUT2D eigenvalue weighted by atomic mass is 16.1. The lowest BCUT2D eigenvalue weighted by molar-refractivity contribution is -0.117. The Balaban J connectivity index is 2.13. The summed E-state index contributed by atoms with van der Waals surface area (Å²) in [6, 6.07) is 9.08. The van der Waals surface area contributed by atoms with Crippen molar-refractivity contribution in [1.82, 2.24) is 0 Å². The first-order chi connectivity index (χ1) is 7.79. The molecular weight excluding hydrogens is 198 g/mol. The number of rotatable bonds is 3. The lowest BCUT2D eigenvalue weighted by Gasteiger charge is -2.16. The van der Waals surface area contributed by atoms with Crippen molar-refractivity contribution in [2.75, 3.05) is 0 Å². The Morgan fingerprint density at radius 3 is 2.56 bits per heavy atom. The zero-order chi connectivity index (χ0) is 11.4. The number of nitrogens with two attached hydrogens (primary N) is 1. The van der Waals surface area contributed by atoms with Crippen molar-refractivity contribution in [3.05, 3.63) is 47.5 Å². The Morgan fingerprint density at radius 1 is 1.19 bits per heavy atom. The molecule has 0 aromatic heterocycles. The van der Waals surface area contributed by atoms with Crippen LogP contribution in [0, 0.1) is 0 Å². The first kappa shape index (κ1) is 11.1. The second kappa shape index (κ2) is 5.08. The number of carbonyl (C=O) groups is 1. The number of ketones is 1. The Bertz CT molecular complexity index is 394. The predicted molar refractivity (Wildman–Crippen MR) is 64.9 cm³/mol. The molecule has 0 amide bonds. The van der Waals surface area contributed by atoms with Gasteiger partial charge in [-0.1, -0.05) is 36.4 Å². The van der Waals surface area contributed by atoms with Crippen molar-refractivity contribution >= 4 is 5.78 Å². The van der Waals surface area contributed by atoms with Crippen LogP contribution in [0.2, 0.25) is 0 Å². The molecule has 0 fully saturated rings. The van der Waals surface area contributed by atoms with Crippen LogP contribution in [0.5, 0.6) is 0 Å². The molecule has 2 heteroatoms. The summed E-state index contributed by atoms with van der Waals surface area (Å²) in [5, 5.41) is 0. The van der Waals surface area contributed by atoms with Crippen LogP contribution in [0.3, 0.4) is 0 Å². The second-order valence-electron chi connectivity index (χ2n) is 4.23. The molecular formula is C14H17NO. The summed E-state index contributed by atoms with van der Waals surface area (Å²) < 4.78 is 0. The Hall–Kier alpha value is -1.41. The van der Waals surface area contributed by atoms with Crippen molar-refractivity contribution in [3.8, 4) is 0 Å². The van der Waals surface area contributed by atoms with Crippen molar-refractivity contribution in [2.45, 2.75) is 31.7 Å². The number of hydrogen-bond acceptors (Lipinski definition) is 2. The van der Waals surface area contributed by atoms with E-state index in [2.05, 4.69) is 6.08 Å². The Labute approximate surface area is 96.2 Å². The summed E-state index contributed by atoms with van der Waals surface area (Å²) >= 11 is 0. The first-order valence-corrected chi connectivity index (χ1v) is 5.83. The van der Waals surface area contributed by atoms with Gasteiger partial charge in [-0.25, -0.2) is 0 Å². The Morgan fingerprint density at radius 2 is 1.94 bits per heavy atom. The van der Waals surface area contributed by atoms with Crippen LogP contribution in [-0.4, -0.2) is 5.78 Å². The summed E-state index contributed by atoms with van der Waals surface area (Å²) in [6.07, 6.45) is 6.26. The zero-order valence-corrected chi connectivity index (χ0v) is 9.36. The van der Waals surface area contributed by atoms with Gasteiger partial charge in [-0.15, -0.1) is 0 Å². The summed E-state index contributed by atoms with van der Waals surface area (Å²) in [7, 11) is 0. The fourth-order valence-corrected chi connectivity index (χ4v) is 2.07. The first-order valence-electron chi connectivity index (χ1n) is 5.83. The highest BCUT2D eigenvalue weighted by Crippen LogP contribution is 2.23. The maximum atomic E-state index is 12.1. The summed E-state index contributed by atoms with van der Waals surface area (Å²) in [4.78, 5) is 12.1. The van der Waals surface area contributed by atoms with Gasteiger partial charge in [0.15, 0.2) is 5.78 Å². The summed E-state index contributed by atoms with van der Waals surface area (Å²) in [5.74, 6) is 0.0888. The third-order valence-electron chi connectivity index (χ3n) is 3.05. The van der Waals surface area contributed by atoms with Crippen molar-refractivity contribution in [3.63, 3.8) is 0 Å². The molecule has 1 aliphatic rings. The molecule has 0 unspecified atom stereocenters. The molecule has 0 saturated carbocycles. The van der Waals surface area contributed by atoms with Gasteiger partial charge >= 0.3 is 0 Å². The number of carbonyl (C=O) groups excluding carboxylic acids is 1. The number of Topliss-reactive ketones (excluding diaryl/α,β-unsaturated/α-hetero) is 1. The molecule has 16 heavy (non-hydrogen) atoms. The van der Waals surface area contributed by atoms with E-state index < -0.39 is 6.04 Å². The minimum Gasteiger partial charge on any atom is -0.318 e. The molecule has 1 aromatic rings. The number of benzene rings is 1.